The molecule has 0 aliphatic carbocycles. The van der Waals surface area contributed by atoms with E-state index in [0.717, 1.165) is 29.0 Å². The SMILES string of the molecule is Cc1ccc(S(=O)(=O)NCc2nnc(NC(=O)c3ccc(NC(=O)C(F)(F)F)cc3)s2)cc1. The van der Waals surface area contributed by atoms with Crippen LogP contribution in [0.2, 0.25) is 0 Å². The Kier molecular flexibility index (Phi) is 7.09. The first-order valence-corrected chi connectivity index (χ1v) is 11.4. The maximum Gasteiger partial charge on any atom is 0.471 e. The van der Waals surface area contributed by atoms with Gasteiger partial charge in [-0.25, -0.2) is 13.1 Å². The fraction of sp³-hybridized carbons (Fsp3) is 0.158. The average molecular weight is 499 g/mol. The molecule has 3 aromatic rings. The van der Waals surface area contributed by atoms with Crippen molar-refractivity contribution in [3.63, 3.8) is 0 Å². The molecule has 1 heterocycles. The Labute approximate surface area is 190 Å². The Morgan fingerprint density at radius 1 is 0.970 bits per heavy atom. The van der Waals surface area contributed by atoms with Gasteiger partial charge >= 0.3 is 12.1 Å². The Hall–Kier alpha value is -3.36. The molecule has 0 aliphatic rings. The highest BCUT2D eigenvalue weighted by molar-refractivity contribution is 7.89. The molecule has 33 heavy (non-hydrogen) atoms. The highest BCUT2D eigenvalue weighted by Crippen LogP contribution is 2.20. The number of carbonyl (C=O) groups is 2. The first kappa shape index (κ1) is 24.3. The quantitative estimate of drug-likeness (QED) is 0.458. The van der Waals surface area contributed by atoms with E-state index in [9.17, 15) is 31.2 Å². The Morgan fingerprint density at radius 2 is 1.61 bits per heavy atom. The second kappa shape index (κ2) is 9.64. The van der Waals surface area contributed by atoms with Crippen LogP contribution in [0, 0.1) is 6.92 Å². The summed E-state index contributed by atoms with van der Waals surface area (Å²) in [6, 6.07) is 11.0. The standard InChI is InChI=1S/C19H16F3N5O4S2/c1-11-2-8-14(9-3-11)33(30,31)23-10-15-26-27-18(32-15)25-16(28)12-4-6-13(7-5-12)24-17(29)19(20,21)22/h2-9,23H,10H2,1H3,(H,24,29)(H,25,27,28). The highest BCUT2D eigenvalue weighted by atomic mass is 32.2. The van der Waals surface area contributed by atoms with Gasteiger partial charge in [0.05, 0.1) is 11.4 Å². The van der Waals surface area contributed by atoms with E-state index >= 15 is 0 Å². The number of alkyl halides is 3. The third-order valence-electron chi connectivity index (χ3n) is 4.09. The first-order chi connectivity index (χ1) is 15.4. The number of anilines is 2. The van der Waals surface area contributed by atoms with E-state index in [4.69, 9.17) is 0 Å². The summed E-state index contributed by atoms with van der Waals surface area (Å²) in [5.41, 5.74) is 0.879. The minimum Gasteiger partial charge on any atom is -0.318 e. The van der Waals surface area contributed by atoms with Crippen molar-refractivity contribution < 1.29 is 31.2 Å². The van der Waals surface area contributed by atoms with Crippen molar-refractivity contribution in [2.75, 3.05) is 10.6 Å². The van der Waals surface area contributed by atoms with Crippen molar-refractivity contribution in [2.24, 2.45) is 0 Å². The van der Waals surface area contributed by atoms with E-state index in [0.29, 0.717) is 5.01 Å². The number of aromatic nitrogens is 2. The molecule has 0 aliphatic heterocycles. The van der Waals surface area contributed by atoms with E-state index in [1.807, 2.05) is 6.92 Å². The summed E-state index contributed by atoms with van der Waals surface area (Å²) in [7, 11) is -3.75. The highest BCUT2D eigenvalue weighted by Gasteiger charge is 2.38. The molecule has 1 aromatic heterocycles. The van der Waals surface area contributed by atoms with Crippen LogP contribution in [0.1, 0.15) is 20.9 Å². The van der Waals surface area contributed by atoms with E-state index < -0.39 is 28.0 Å². The molecular weight excluding hydrogens is 483 g/mol. The van der Waals surface area contributed by atoms with Crippen LogP contribution in [0.15, 0.2) is 53.4 Å². The molecule has 0 saturated heterocycles. The number of carbonyl (C=O) groups excluding carboxylic acids is 2. The lowest BCUT2D eigenvalue weighted by atomic mass is 10.2. The molecule has 0 spiro atoms. The Balaban J connectivity index is 1.57. The molecule has 0 fully saturated rings. The van der Waals surface area contributed by atoms with Gasteiger partial charge in [-0.05, 0) is 43.3 Å². The normalized spacial score (nSPS) is 11.8. The number of aryl methyl sites for hydroxylation is 1. The maximum absolute atomic E-state index is 12.3. The minimum atomic E-state index is -5.03. The van der Waals surface area contributed by atoms with Gasteiger partial charge in [0, 0.05) is 11.3 Å². The van der Waals surface area contributed by atoms with Crippen molar-refractivity contribution in [3.05, 3.63) is 64.7 Å². The van der Waals surface area contributed by atoms with Crippen molar-refractivity contribution in [1.82, 2.24) is 14.9 Å². The molecule has 0 saturated carbocycles. The lowest BCUT2D eigenvalue weighted by molar-refractivity contribution is -0.167. The molecule has 0 bridgehead atoms. The average Bonchev–Trinajstić information content (AvgIpc) is 3.20. The minimum absolute atomic E-state index is 0.0943. The molecule has 2 amide bonds. The third kappa shape index (κ3) is 6.57. The Bertz CT molecular complexity index is 1260. The lowest BCUT2D eigenvalue weighted by Crippen LogP contribution is -2.29. The van der Waals surface area contributed by atoms with Gasteiger partial charge in [-0.1, -0.05) is 29.0 Å². The third-order valence-corrected chi connectivity index (χ3v) is 6.35. The number of nitrogens with zero attached hydrogens (tertiary/aromatic N) is 2. The summed E-state index contributed by atoms with van der Waals surface area (Å²) in [5, 5.41) is 12.1. The number of nitrogens with one attached hydrogen (secondary N) is 3. The van der Waals surface area contributed by atoms with Gasteiger partial charge in [0.2, 0.25) is 15.2 Å². The molecule has 14 heteroatoms. The van der Waals surface area contributed by atoms with Crippen molar-refractivity contribution in [2.45, 2.75) is 24.5 Å². The zero-order valence-electron chi connectivity index (χ0n) is 16.8. The van der Waals surface area contributed by atoms with Crippen LogP contribution in [0.5, 0.6) is 0 Å². The fourth-order valence-corrected chi connectivity index (χ4v) is 4.16. The summed E-state index contributed by atoms with van der Waals surface area (Å²) in [4.78, 5) is 23.3. The van der Waals surface area contributed by atoms with Gasteiger partial charge in [-0.2, -0.15) is 13.2 Å². The number of halogens is 3. The molecule has 9 nitrogen and oxygen atoms in total. The second-order valence-corrected chi connectivity index (χ2v) is 9.45. The maximum atomic E-state index is 12.3. The molecule has 3 rings (SSSR count). The number of amides is 2. The van der Waals surface area contributed by atoms with Gasteiger partial charge in [0.1, 0.15) is 5.01 Å². The molecule has 0 atom stereocenters. The topological polar surface area (TPSA) is 130 Å². The molecule has 0 unspecified atom stereocenters. The fourth-order valence-electron chi connectivity index (χ4n) is 2.41. The zero-order chi connectivity index (χ0) is 24.2. The summed E-state index contributed by atoms with van der Waals surface area (Å²) < 4.78 is 63.9. The van der Waals surface area contributed by atoms with Crippen LogP contribution < -0.4 is 15.4 Å². The largest absolute Gasteiger partial charge is 0.471 e. The van der Waals surface area contributed by atoms with Gasteiger partial charge in [0.25, 0.3) is 5.91 Å². The predicted molar refractivity (Wildman–Crippen MR) is 114 cm³/mol. The zero-order valence-corrected chi connectivity index (χ0v) is 18.4. The van der Waals surface area contributed by atoms with Crippen LogP contribution in [-0.2, 0) is 21.4 Å². The number of benzene rings is 2. The second-order valence-electron chi connectivity index (χ2n) is 6.62. The van der Waals surface area contributed by atoms with Crippen molar-refractivity contribution in [1.29, 1.82) is 0 Å². The number of sulfonamides is 1. The van der Waals surface area contributed by atoms with Gasteiger partial charge < -0.3 is 5.32 Å². The van der Waals surface area contributed by atoms with Crippen molar-refractivity contribution >= 4 is 44.0 Å². The van der Waals surface area contributed by atoms with E-state index in [1.54, 1.807) is 17.4 Å². The van der Waals surface area contributed by atoms with Crippen LogP contribution in [0.4, 0.5) is 24.0 Å². The molecular formula is C19H16F3N5O4S2. The first-order valence-electron chi connectivity index (χ1n) is 9.12. The smallest absolute Gasteiger partial charge is 0.318 e. The van der Waals surface area contributed by atoms with Crippen LogP contribution in [0.25, 0.3) is 0 Å². The molecule has 2 aromatic carbocycles. The van der Waals surface area contributed by atoms with E-state index in [1.165, 1.54) is 24.3 Å². The predicted octanol–water partition coefficient (Wildman–Crippen LogP) is 3.08. The van der Waals surface area contributed by atoms with E-state index in [2.05, 4.69) is 20.2 Å². The molecule has 174 valence electrons. The van der Waals surface area contributed by atoms with Crippen LogP contribution in [0.3, 0.4) is 0 Å². The monoisotopic (exact) mass is 499 g/mol. The lowest BCUT2D eigenvalue weighted by Gasteiger charge is -2.08. The van der Waals surface area contributed by atoms with Gasteiger partial charge in [0.15, 0.2) is 0 Å². The number of hydrogen-bond donors (Lipinski definition) is 3. The van der Waals surface area contributed by atoms with Crippen LogP contribution >= 0.6 is 11.3 Å². The van der Waals surface area contributed by atoms with Crippen molar-refractivity contribution in [3.8, 4) is 0 Å². The summed E-state index contributed by atoms with van der Waals surface area (Å²) >= 11 is 0.945. The summed E-state index contributed by atoms with van der Waals surface area (Å²) in [5.74, 6) is -2.74. The number of rotatable bonds is 7. The summed E-state index contributed by atoms with van der Waals surface area (Å²) in [6.07, 6.45) is -5.03. The molecule has 3 N–H and O–H groups in total. The van der Waals surface area contributed by atoms with Gasteiger partial charge in [-0.15, -0.1) is 10.2 Å². The Morgan fingerprint density at radius 3 is 2.21 bits per heavy atom. The number of hydrogen-bond acceptors (Lipinski definition) is 7. The van der Waals surface area contributed by atoms with Gasteiger partial charge in [-0.3, -0.25) is 14.9 Å². The van der Waals surface area contributed by atoms with Crippen LogP contribution in [-0.4, -0.2) is 36.6 Å². The summed E-state index contributed by atoms with van der Waals surface area (Å²) in [6.45, 7) is 1.69. The van der Waals surface area contributed by atoms with E-state index in [-0.39, 0.29) is 27.8 Å². The molecule has 0 radical (unpaired) electrons.